The minimum Gasteiger partial charge on any atom is -0.349 e. The molecule has 0 unspecified atom stereocenters. The molecule has 0 heterocycles. The van der Waals surface area contributed by atoms with Crippen LogP contribution < -0.4 is 11.1 Å². The van der Waals surface area contributed by atoms with E-state index in [0.717, 1.165) is 25.7 Å². The van der Waals surface area contributed by atoms with Crippen molar-refractivity contribution in [3.8, 4) is 0 Å². The monoisotopic (exact) mass is 389 g/mol. The van der Waals surface area contributed by atoms with Gasteiger partial charge in [0.15, 0.2) is 0 Å². The first-order valence-corrected chi connectivity index (χ1v) is 7.55. The van der Waals surface area contributed by atoms with Gasteiger partial charge in [0.25, 0.3) is 11.6 Å². The number of halogens is 1. The first-order valence-electron chi connectivity index (χ1n) is 6.47. The Morgan fingerprint density at radius 2 is 2.00 bits per heavy atom. The molecule has 0 atom stereocenters. The van der Waals surface area contributed by atoms with Gasteiger partial charge in [-0.2, -0.15) is 0 Å². The Labute approximate surface area is 130 Å². The van der Waals surface area contributed by atoms with Gasteiger partial charge >= 0.3 is 0 Å². The van der Waals surface area contributed by atoms with Gasteiger partial charge in [0.05, 0.1) is 10.5 Å². The third kappa shape index (κ3) is 3.66. The molecule has 0 bridgehead atoms. The fourth-order valence-corrected chi connectivity index (χ4v) is 3.07. The molecule has 1 aromatic rings. The van der Waals surface area contributed by atoms with Crippen LogP contribution in [0.3, 0.4) is 0 Å². The van der Waals surface area contributed by atoms with Gasteiger partial charge in [0.1, 0.15) is 0 Å². The number of nitrogens with one attached hydrogen (secondary N) is 1. The number of hydrogen-bond donors (Lipinski definition) is 2. The van der Waals surface area contributed by atoms with Gasteiger partial charge in [0, 0.05) is 27.8 Å². The third-order valence-corrected chi connectivity index (χ3v) is 4.41. The van der Waals surface area contributed by atoms with E-state index < -0.39 is 4.92 Å². The highest BCUT2D eigenvalue weighted by molar-refractivity contribution is 14.1. The van der Waals surface area contributed by atoms with Crippen LogP contribution in [0.2, 0.25) is 0 Å². The number of nitrogens with two attached hydrogens (primary N) is 1. The highest BCUT2D eigenvalue weighted by Crippen LogP contribution is 2.21. The molecule has 20 heavy (non-hydrogen) atoms. The topological polar surface area (TPSA) is 98.3 Å². The summed E-state index contributed by atoms with van der Waals surface area (Å²) >= 11 is 1.95. The maximum Gasteiger partial charge on any atom is 0.270 e. The molecule has 1 aliphatic carbocycles. The van der Waals surface area contributed by atoms with Crippen LogP contribution in [0.15, 0.2) is 18.2 Å². The Morgan fingerprint density at radius 1 is 1.35 bits per heavy atom. The highest BCUT2D eigenvalue weighted by atomic mass is 127. The van der Waals surface area contributed by atoms with Crippen molar-refractivity contribution in [3.05, 3.63) is 37.4 Å². The lowest BCUT2D eigenvalue weighted by Gasteiger charge is -2.26. The van der Waals surface area contributed by atoms with Crippen molar-refractivity contribution in [1.82, 2.24) is 5.32 Å². The Bertz CT molecular complexity index is 528. The quantitative estimate of drug-likeness (QED) is 0.471. The van der Waals surface area contributed by atoms with Crippen LogP contribution in [0, 0.1) is 13.7 Å². The van der Waals surface area contributed by atoms with Crippen molar-refractivity contribution < 1.29 is 9.72 Å². The van der Waals surface area contributed by atoms with E-state index in [2.05, 4.69) is 5.32 Å². The largest absolute Gasteiger partial charge is 0.349 e. The number of rotatable bonds is 3. The zero-order valence-corrected chi connectivity index (χ0v) is 13.0. The van der Waals surface area contributed by atoms with E-state index in [1.807, 2.05) is 22.6 Å². The normalized spacial score (nSPS) is 22.3. The number of non-ortho nitro benzene ring substituents is 1. The summed E-state index contributed by atoms with van der Waals surface area (Å²) in [5.74, 6) is -0.176. The molecule has 7 heteroatoms. The highest BCUT2D eigenvalue weighted by Gasteiger charge is 2.22. The zero-order chi connectivity index (χ0) is 14.7. The summed E-state index contributed by atoms with van der Waals surface area (Å²) in [5.41, 5.74) is 6.30. The van der Waals surface area contributed by atoms with Crippen LogP contribution in [0.1, 0.15) is 36.0 Å². The number of benzene rings is 1. The lowest BCUT2D eigenvalue weighted by Crippen LogP contribution is -2.40. The number of nitro groups is 1. The van der Waals surface area contributed by atoms with Gasteiger partial charge in [-0.05, 0) is 54.3 Å². The molecule has 1 aromatic carbocycles. The first kappa shape index (κ1) is 15.2. The molecular formula is C13H16IN3O3. The second-order valence-electron chi connectivity index (χ2n) is 5.01. The molecule has 108 valence electrons. The number of hydrogen-bond acceptors (Lipinski definition) is 4. The van der Waals surface area contributed by atoms with Gasteiger partial charge in [-0.1, -0.05) is 0 Å². The number of carbonyl (C=O) groups excluding carboxylic acids is 1. The lowest BCUT2D eigenvalue weighted by molar-refractivity contribution is -0.384. The molecule has 0 saturated heterocycles. The van der Waals surface area contributed by atoms with E-state index in [1.54, 1.807) is 0 Å². The maximum absolute atomic E-state index is 12.2. The molecule has 0 spiro atoms. The number of nitrogens with zero attached hydrogens (tertiary/aromatic N) is 1. The standard InChI is InChI=1S/C13H16IN3O3/c14-12-7-10(17(19)20)5-6-11(12)13(18)16-9-3-1-8(15)2-4-9/h5-9H,1-4,15H2,(H,16,18). The predicted molar refractivity (Wildman–Crippen MR) is 83.5 cm³/mol. The maximum atomic E-state index is 12.2. The van der Waals surface area contributed by atoms with E-state index in [1.165, 1.54) is 18.2 Å². The van der Waals surface area contributed by atoms with E-state index in [0.29, 0.717) is 9.13 Å². The molecule has 3 N–H and O–H groups in total. The minimum absolute atomic E-state index is 0.00501. The van der Waals surface area contributed by atoms with Gasteiger partial charge in [-0.25, -0.2) is 0 Å². The third-order valence-electron chi connectivity index (χ3n) is 3.52. The van der Waals surface area contributed by atoms with E-state index in [4.69, 9.17) is 5.73 Å². The minimum atomic E-state index is -0.466. The van der Waals surface area contributed by atoms with E-state index in [9.17, 15) is 14.9 Å². The van der Waals surface area contributed by atoms with Crippen LogP contribution in [0.25, 0.3) is 0 Å². The molecule has 0 aliphatic heterocycles. The summed E-state index contributed by atoms with van der Waals surface area (Å²) in [5, 5.41) is 13.6. The number of amides is 1. The lowest BCUT2D eigenvalue weighted by atomic mass is 9.91. The fourth-order valence-electron chi connectivity index (χ4n) is 2.33. The smallest absolute Gasteiger partial charge is 0.270 e. The summed E-state index contributed by atoms with van der Waals surface area (Å²) in [6, 6.07) is 4.65. The SMILES string of the molecule is NC1CCC(NC(=O)c2ccc([N+](=O)[O-])cc2I)CC1. The summed E-state index contributed by atoms with van der Waals surface area (Å²) < 4.78 is 0.585. The molecule has 0 radical (unpaired) electrons. The molecule has 6 nitrogen and oxygen atoms in total. The van der Waals surface area contributed by atoms with Crippen molar-refractivity contribution in [3.63, 3.8) is 0 Å². The van der Waals surface area contributed by atoms with Crippen LogP contribution in [-0.2, 0) is 0 Å². The molecule has 1 saturated carbocycles. The molecule has 1 fully saturated rings. The fraction of sp³-hybridized carbons (Fsp3) is 0.462. The van der Waals surface area contributed by atoms with E-state index in [-0.39, 0.29) is 23.7 Å². The molecule has 1 aliphatic rings. The predicted octanol–water partition coefficient (Wildman–Crippen LogP) is 2.20. The Balaban J connectivity index is 2.04. The van der Waals surface area contributed by atoms with Crippen molar-refractivity contribution in [2.75, 3.05) is 0 Å². The Hall–Kier alpha value is -1.22. The zero-order valence-electron chi connectivity index (χ0n) is 10.8. The van der Waals surface area contributed by atoms with Crippen molar-refractivity contribution in [2.24, 2.45) is 5.73 Å². The van der Waals surface area contributed by atoms with Gasteiger partial charge in [-0.15, -0.1) is 0 Å². The van der Waals surface area contributed by atoms with E-state index >= 15 is 0 Å². The molecule has 0 aromatic heterocycles. The molecule has 1 amide bonds. The van der Waals surface area contributed by atoms with Crippen molar-refractivity contribution in [2.45, 2.75) is 37.8 Å². The first-order chi connectivity index (χ1) is 9.47. The average Bonchev–Trinajstić information content (AvgIpc) is 2.41. The summed E-state index contributed by atoms with van der Waals surface area (Å²) in [6.45, 7) is 0. The second kappa shape index (κ2) is 6.49. The van der Waals surface area contributed by atoms with Gasteiger partial charge in [0.2, 0.25) is 0 Å². The second-order valence-corrected chi connectivity index (χ2v) is 6.17. The summed E-state index contributed by atoms with van der Waals surface area (Å²) in [6.07, 6.45) is 3.61. The average molecular weight is 389 g/mol. The van der Waals surface area contributed by atoms with Crippen molar-refractivity contribution in [1.29, 1.82) is 0 Å². The van der Waals surface area contributed by atoms with Crippen LogP contribution >= 0.6 is 22.6 Å². The Morgan fingerprint density at radius 3 is 2.55 bits per heavy atom. The summed E-state index contributed by atoms with van der Waals surface area (Å²) in [7, 11) is 0. The number of nitro benzene ring substituents is 1. The summed E-state index contributed by atoms with van der Waals surface area (Å²) in [4.78, 5) is 22.4. The van der Waals surface area contributed by atoms with Gasteiger partial charge < -0.3 is 11.1 Å². The van der Waals surface area contributed by atoms with Crippen LogP contribution in [0.5, 0.6) is 0 Å². The van der Waals surface area contributed by atoms with Gasteiger partial charge in [-0.3, -0.25) is 14.9 Å². The van der Waals surface area contributed by atoms with Crippen molar-refractivity contribution >= 4 is 34.2 Å². The Kier molecular flexibility index (Phi) is 4.92. The van der Waals surface area contributed by atoms with Crippen LogP contribution in [0.4, 0.5) is 5.69 Å². The van der Waals surface area contributed by atoms with Crippen LogP contribution in [-0.4, -0.2) is 22.9 Å². The molecular weight excluding hydrogens is 373 g/mol. The number of carbonyl (C=O) groups is 1. The molecule has 2 rings (SSSR count).